The zero-order valence-electron chi connectivity index (χ0n) is 15.7. The van der Waals surface area contributed by atoms with Crippen LogP contribution in [0.5, 0.6) is 17.2 Å². The molecule has 0 amide bonds. The van der Waals surface area contributed by atoms with Crippen molar-refractivity contribution < 1.29 is 44.5 Å². The molecule has 0 radical (unpaired) electrons. The van der Waals surface area contributed by atoms with Crippen LogP contribution in [0.4, 0.5) is 0 Å². The number of carbonyl (C=O) groups excluding carboxylic acids is 1. The number of carbonyl (C=O) groups is 1. The zero-order chi connectivity index (χ0) is 20.8. The van der Waals surface area contributed by atoms with Crippen molar-refractivity contribution in [3.8, 4) is 17.2 Å². The van der Waals surface area contributed by atoms with Crippen LogP contribution in [0.2, 0.25) is 0 Å². The first kappa shape index (κ1) is 20.6. The van der Waals surface area contributed by atoms with Gasteiger partial charge >= 0.3 is 0 Å². The summed E-state index contributed by atoms with van der Waals surface area (Å²) in [6, 6.07) is 0. The van der Waals surface area contributed by atoms with Crippen LogP contribution in [0.15, 0.2) is 6.08 Å². The van der Waals surface area contributed by atoms with Crippen LogP contribution in [-0.4, -0.2) is 74.7 Å². The van der Waals surface area contributed by atoms with Gasteiger partial charge in [-0.1, -0.05) is 0 Å². The van der Waals surface area contributed by atoms with Crippen molar-refractivity contribution in [3.63, 3.8) is 0 Å². The highest BCUT2D eigenvalue weighted by molar-refractivity contribution is 5.90. The maximum Gasteiger partial charge on any atom is 0.229 e. The maximum atomic E-state index is 11.6. The summed E-state index contributed by atoms with van der Waals surface area (Å²) in [5.74, 6) is -0.154. The van der Waals surface area contributed by atoms with Gasteiger partial charge < -0.3 is 39.7 Å². The number of rotatable bonds is 4. The Morgan fingerprint density at radius 2 is 1.89 bits per heavy atom. The fourth-order valence-corrected chi connectivity index (χ4v) is 3.28. The summed E-state index contributed by atoms with van der Waals surface area (Å²) in [7, 11) is 0. The van der Waals surface area contributed by atoms with Crippen LogP contribution < -0.4 is 9.47 Å². The number of benzene rings is 1. The smallest absolute Gasteiger partial charge is 0.229 e. The second-order valence-electron chi connectivity index (χ2n) is 7.43. The normalized spacial score (nSPS) is 31.0. The van der Waals surface area contributed by atoms with Gasteiger partial charge in [-0.2, -0.15) is 0 Å². The van der Waals surface area contributed by atoms with E-state index in [0.717, 1.165) is 0 Å². The third-order valence-corrected chi connectivity index (χ3v) is 4.90. The topological polar surface area (TPSA) is 146 Å². The Kier molecular flexibility index (Phi) is 5.39. The molecule has 1 aromatic rings. The Bertz CT molecular complexity index is 799. The van der Waals surface area contributed by atoms with Gasteiger partial charge in [0.15, 0.2) is 6.29 Å². The first-order chi connectivity index (χ1) is 13.1. The minimum absolute atomic E-state index is 0.0957. The number of phenolic OH excluding ortho intramolecular Hbond substituents is 1. The molecule has 0 saturated carbocycles. The summed E-state index contributed by atoms with van der Waals surface area (Å²) < 4.78 is 16.9. The Morgan fingerprint density at radius 1 is 1.21 bits per heavy atom. The third kappa shape index (κ3) is 3.36. The molecule has 2 aliphatic rings. The van der Waals surface area contributed by atoms with Crippen molar-refractivity contribution in [2.75, 3.05) is 6.61 Å². The summed E-state index contributed by atoms with van der Waals surface area (Å²) >= 11 is 0. The van der Waals surface area contributed by atoms with Crippen LogP contribution in [0.25, 0.3) is 6.08 Å². The van der Waals surface area contributed by atoms with Gasteiger partial charge in [-0.15, -0.1) is 0 Å². The van der Waals surface area contributed by atoms with Crippen LogP contribution in [-0.2, 0) is 4.74 Å². The monoisotopic (exact) mass is 396 g/mol. The molecule has 3 rings (SSSR count). The van der Waals surface area contributed by atoms with Crippen LogP contribution in [0, 0.1) is 6.92 Å². The van der Waals surface area contributed by atoms with Crippen LogP contribution in [0.3, 0.4) is 0 Å². The number of hydrogen-bond donors (Lipinski definition) is 5. The number of aliphatic hydroxyl groups is 4. The van der Waals surface area contributed by atoms with E-state index in [2.05, 4.69) is 0 Å². The van der Waals surface area contributed by atoms with Crippen molar-refractivity contribution in [1.82, 2.24) is 0 Å². The fraction of sp³-hybridized carbons (Fsp3) is 0.526. The molecule has 2 aliphatic heterocycles. The van der Waals surface area contributed by atoms with Gasteiger partial charge in [-0.05, 0) is 32.9 Å². The second kappa shape index (κ2) is 7.34. The predicted molar refractivity (Wildman–Crippen MR) is 96.4 cm³/mol. The molecule has 0 unspecified atom stereocenters. The van der Waals surface area contributed by atoms with Gasteiger partial charge in [0.25, 0.3) is 0 Å². The van der Waals surface area contributed by atoms with E-state index in [1.807, 2.05) is 13.8 Å². The lowest BCUT2D eigenvalue weighted by Gasteiger charge is -2.40. The standard InChI is InChI=1S/C19H24O9/c1-8-16(27-18-15(25)14(24)13(23)11(7-21)26-18)10(6-20)12(22)9-4-5-19(2,3)28-17(8)9/h4-6,11,13-15,18,21-25H,7H2,1-3H3/t11-,13-,14+,15-,18+/m1/s1. The van der Waals surface area contributed by atoms with E-state index in [4.69, 9.17) is 14.2 Å². The summed E-state index contributed by atoms with van der Waals surface area (Å²) in [6.45, 7) is 4.62. The number of aliphatic hydroxyl groups excluding tert-OH is 4. The molecule has 0 aromatic heterocycles. The largest absolute Gasteiger partial charge is 0.506 e. The molecule has 1 saturated heterocycles. The first-order valence-electron chi connectivity index (χ1n) is 8.81. The number of fused-ring (bicyclic) bond motifs is 1. The number of aldehydes is 1. The van der Waals surface area contributed by atoms with Gasteiger partial charge in [0.1, 0.15) is 47.3 Å². The SMILES string of the molecule is Cc1c(O[C@@H]2O[C@H](CO)[C@@H](O)[C@H](O)[C@H]2O)c(C=O)c(O)c2c1OC(C)(C)C=C2. The first-order valence-corrected chi connectivity index (χ1v) is 8.81. The number of hydrogen-bond acceptors (Lipinski definition) is 9. The van der Waals surface area contributed by atoms with E-state index < -0.39 is 42.9 Å². The maximum absolute atomic E-state index is 11.6. The Hall–Kier alpha value is -2.17. The van der Waals surface area contributed by atoms with Gasteiger partial charge in [0.05, 0.1) is 17.7 Å². The summed E-state index contributed by atoms with van der Waals surface area (Å²) in [6.07, 6.45) is -3.74. The predicted octanol–water partition coefficient (Wildman–Crippen LogP) is -0.124. The lowest BCUT2D eigenvalue weighted by Crippen LogP contribution is -2.60. The van der Waals surface area contributed by atoms with E-state index >= 15 is 0 Å². The average Bonchev–Trinajstić information content (AvgIpc) is 2.65. The van der Waals surface area contributed by atoms with Crippen molar-refractivity contribution >= 4 is 12.4 Å². The minimum Gasteiger partial charge on any atom is -0.506 e. The summed E-state index contributed by atoms with van der Waals surface area (Å²) in [5.41, 5.74) is -0.140. The highest BCUT2D eigenvalue weighted by Gasteiger charge is 2.45. The van der Waals surface area contributed by atoms with E-state index in [9.17, 15) is 30.3 Å². The molecule has 0 spiro atoms. The molecule has 9 heteroatoms. The van der Waals surface area contributed by atoms with Gasteiger partial charge in [-0.25, -0.2) is 0 Å². The van der Waals surface area contributed by atoms with E-state index in [-0.39, 0.29) is 17.1 Å². The molecule has 0 aliphatic carbocycles. The third-order valence-electron chi connectivity index (χ3n) is 4.90. The van der Waals surface area contributed by atoms with Crippen molar-refractivity contribution in [2.45, 2.75) is 57.1 Å². The van der Waals surface area contributed by atoms with Gasteiger partial charge in [0.2, 0.25) is 6.29 Å². The van der Waals surface area contributed by atoms with E-state index in [1.54, 1.807) is 19.1 Å². The molecule has 2 heterocycles. The highest BCUT2D eigenvalue weighted by Crippen LogP contribution is 2.46. The molecule has 5 atom stereocenters. The highest BCUT2D eigenvalue weighted by atomic mass is 16.7. The molecule has 0 bridgehead atoms. The van der Waals surface area contributed by atoms with Crippen LogP contribution in [0.1, 0.15) is 35.3 Å². The molecular weight excluding hydrogens is 372 g/mol. The zero-order valence-corrected chi connectivity index (χ0v) is 15.7. The number of phenols is 1. The van der Waals surface area contributed by atoms with E-state index in [1.165, 1.54) is 0 Å². The van der Waals surface area contributed by atoms with Gasteiger partial charge in [-0.3, -0.25) is 4.79 Å². The van der Waals surface area contributed by atoms with Crippen LogP contribution >= 0.6 is 0 Å². The summed E-state index contributed by atoms with van der Waals surface area (Å²) in [4.78, 5) is 11.6. The number of ether oxygens (including phenoxy) is 3. The van der Waals surface area contributed by atoms with Crippen molar-refractivity contribution in [2.24, 2.45) is 0 Å². The molecule has 5 N–H and O–H groups in total. The molecule has 1 aromatic carbocycles. The minimum atomic E-state index is -1.66. The molecule has 1 fully saturated rings. The lowest BCUT2D eigenvalue weighted by molar-refractivity contribution is -0.277. The van der Waals surface area contributed by atoms with Gasteiger partial charge in [0, 0.05) is 5.56 Å². The Labute approximate surface area is 161 Å². The quantitative estimate of drug-likeness (QED) is 0.439. The fourth-order valence-electron chi connectivity index (χ4n) is 3.28. The Morgan fingerprint density at radius 3 is 2.50 bits per heavy atom. The van der Waals surface area contributed by atoms with E-state index in [0.29, 0.717) is 23.2 Å². The molecular formula is C19H24O9. The Balaban J connectivity index is 2.04. The molecule has 9 nitrogen and oxygen atoms in total. The number of aromatic hydroxyl groups is 1. The lowest BCUT2D eigenvalue weighted by atomic mass is 9.95. The summed E-state index contributed by atoms with van der Waals surface area (Å²) in [5, 5.41) is 49.8. The molecule has 28 heavy (non-hydrogen) atoms. The molecule has 154 valence electrons. The van der Waals surface area contributed by atoms with Crippen molar-refractivity contribution in [1.29, 1.82) is 0 Å². The second-order valence-corrected chi connectivity index (χ2v) is 7.43. The van der Waals surface area contributed by atoms with Crippen molar-refractivity contribution in [3.05, 3.63) is 22.8 Å². The average molecular weight is 396 g/mol.